The summed E-state index contributed by atoms with van der Waals surface area (Å²) in [5.41, 5.74) is 0.713. The number of hydrogen-bond donors (Lipinski definition) is 1. The van der Waals surface area contributed by atoms with Crippen molar-refractivity contribution in [2.45, 2.75) is 26.5 Å². The number of anilines is 1. The molecule has 0 aliphatic carbocycles. The van der Waals surface area contributed by atoms with Crippen LogP contribution < -0.4 is 10.1 Å². The molecule has 0 aliphatic heterocycles. The van der Waals surface area contributed by atoms with Crippen LogP contribution in [0.3, 0.4) is 0 Å². The summed E-state index contributed by atoms with van der Waals surface area (Å²) >= 11 is 0. The molecule has 2 unspecified atom stereocenters. The standard InChI is InChI=1S/C13H17F2NO3/c1-8(12(17)18-3)9(2)16-10-4-6-11(7-5-10)19-13(14)15/h4-9,13,16H,1-3H3. The van der Waals surface area contributed by atoms with E-state index in [9.17, 15) is 13.6 Å². The van der Waals surface area contributed by atoms with Gasteiger partial charge >= 0.3 is 12.6 Å². The summed E-state index contributed by atoms with van der Waals surface area (Å²) in [7, 11) is 1.34. The SMILES string of the molecule is COC(=O)C(C)C(C)Nc1ccc(OC(F)F)cc1. The maximum absolute atomic E-state index is 12.0. The monoisotopic (exact) mass is 273 g/mol. The molecule has 2 atom stereocenters. The second-order valence-electron chi connectivity index (χ2n) is 4.15. The van der Waals surface area contributed by atoms with Crippen molar-refractivity contribution in [1.82, 2.24) is 0 Å². The molecule has 1 aromatic rings. The Morgan fingerprint density at radius 3 is 2.26 bits per heavy atom. The highest BCUT2D eigenvalue weighted by Crippen LogP contribution is 2.19. The van der Waals surface area contributed by atoms with Gasteiger partial charge in [0.25, 0.3) is 0 Å². The van der Waals surface area contributed by atoms with Crippen molar-refractivity contribution in [3.8, 4) is 5.75 Å². The molecule has 1 N–H and O–H groups in total. The fraction of sp³-hybridized carbons (Fsp3) is 0.462. The van der Waals surface area contributed by atoms with E-state index in [1.54, 1.807) is 19.1 Å². The number of esters is 1. The number of halogens is 2. The maximum Gasteiger partial charge on any atom is 0.387 e. The van der Waals surface area contributed by atoms with Gasteiger partial charge in [-0.1, -0.05) is 0 Å². The van der Waals surface area contributed by atoms with Crippen LogP contribution in [0, 0.1) is 5.92 Å². The normalized spacial score (nSPS) is 13.8. The van der Waals surface area contributed by atoms with E-state index in [0.717, 1.165) is 0 Å². The van der Waals surface area contributed by atoms with Gasteiger partial charge in [-0.2, -0.15) is 8.78 Å². The van der Waals surface area contributed by atoms with Crippen LogP contribution in [0.25, 0.3) is 0 Å². The van der Waals surface area contributed by atoms with Crippen LogP contribution >= 0.6 is 0 Å². The Hall–Kier alpha value is -1.85. The minimum Gasteiger partial charge on any atom is -0.469 e. The second kappa shape index (κ2) is 6.92. The summed E-state index contributed by atoms with van der Waals surface area (Å²) < 4.78 is 32.8. The average molecular weight is 273 g/mol. The summed E-state index contributed by atoms with van der Waals surface area (Å²) in [5, 5.41) is 3.09. The Labute approximate surface area is 110 Å². The Kier molecular flexibility index (Phi) is 5.54. The van der Waals surface area contributed by atoms with E-state index in [1.165, 1.54) is 19.2 Å². The molecule has 0 aromatic heterocycles. The number of hydrogen-bond acceptors (Lipinski definition) is 4. The smallest absolute Gasteiger partial charge is 0.387 e. The summed E-state index contributed by atoms with van der Waals surface area (Å²) in [6, 6.07) is 5.94. The van der Waals surface area contributed by atoms with Crippen LogP contribution in [0.2, 0.25) is 0 Å². The Morgan fingerprint density at radius 1 is 1.21 bits per heavy atom. The molecule has 0 saturated heterocycles. The number of alkyl halides is 2. The molecular formula is C13H17F2NO3. The second-order valence-corrected chi connectivity index (χ2v) is 4.15. The van der Waals surface area contributed by atoms with Crippen molar-refractivity contribution in [3.05, 3.63) is 24.3 Å². The third-order valence-corrected chi connectivity index (χ3v) is 2.80. The lowest BCUT2D eigenvalue weighted by molar-refractivity contribution is -0.145. The number of nitrogens with one attached hydrogen (secondary N) is 1. The molecule has 4 nitrogen and oxygen atoms in total. The molecule has 0 amide bonds. The molecule has 0 radical (unpaired) electrons. The van der Waals surface area contributed by atoms with Crippen LogP contribution in [0.5, 0.6) is 5.75 Å². The van der Waals surface area contributed by atoms with Crippen LogP contribution in [0.15, 0.2) is 24.3 Å². The average Bonchev–Trinajstić information content (AvgIpc) is 2.38. The zero-order chi connectivity index (χ0) is 14.4. The van der Waals surface area contributed by atoms with E-state index >= 15 is 0 Å². The fourth-order valence-electron chi connectivity index (χ4n) is 1.51. The highest BCUT2D eigenvalue weighted by atomic mass is 19.3. The van der Waals surface area contributed by atoms with Gasteiger partial charge in [0, 0.05) is 11.7 Å². The lowest BCUT2D eigenvalue weighted by atomic mass is 10.0. The van der Waals surface area contributed by atoms with E-state index < -0.39 is 6.61 Å². The molecule has 1 rings (SSSR count). The predicted octanol–water partition coefficient (Wildman–Crippen LogP) is 2.90. The van der Waals surface area contributed by atoms with Crippen molar-refractivity contribution in [3.63, 3.8) is 0 Å². The molecular weight excluding hydrogens is 256 g/mol. The predicted molar refractivity (Wildman–Crippen MR) is 67.3 cm³/mol. The van der Waals surface area contributed by atoms with Gasteiger partial charge in [-0.15, -0.1) is 0 Å². The third-order valence-electron chi connectivity index (χ3n) is 2.80. The van der Waals surface area contributed by atoms with E-state index in [-0.39, 0.29) is 23.7 Å². The molecule has 0 aliphatic rings. The zero-order valence-electron chi connectivity index (χ0n) is 11.0. The van der Waals surface area contributed by atoms with E-state index in [1.807, 2.05) is 6.92 Å². The summed E-state index contributed by atoms with van der Waals surface area (Å²) in [4.78, 5) is 11.4. The van der Waals surface area contributed by atoms with Gasteiger partial charge in [0.05, 0.1) is 13.0 Å². The van der Waals surface area contributed by atoms with Crippen molar-refractivity contribution in [2.24, 2.45) is 5.92 Å². The first-order valence-electron chi connectivity index (χ1n) is 5.83. The first-order chi connectivity index (χ1) is 8.93. The first-order valence-corrected chi connectivity index (χ1v) is 5.83. The van der Waals surface area contributed by atoms with Gasteiger partial charge in [-0.3, -0.25) is 4.79 Å². The first kappa shape index (κ1) is 15.2. The lowest BCUT2D eigenvalue weighted by Crippen LogP contribution is -2.30. The van der Waals surface area contributed by atoms with Crippen LogP contribution in [0.4, 0.5) is 14.5 Å². The minimum absolute atomic E-state index is 0.0919. The highest BCUT2D eigenvalue weighted by molar-refractivity contribution is 5.73. The zero-order valence-corrected chi connectivity index (χ0v) is 11.0. The number of carbonyl (C=O) groups is 1. The molecule has 6 heteroatoms. The van der Waals surface area contributed by atoms with E-state index in [2.05, 4.69) is 14.8 Å². The largest absolute Gasteiger partial charge is 0.469 e. The van der Waals surface area contributed by atoms with Crippen molar-refractivity contribution >= 4 is 11.7 Å². The molecule has 0 spiro atoms. The van der Waals surface area contributed by atoms with E-state index in [4.69, 9.17) is 0 Å². The summed E-state index contributed by atoms with van der Waals surface area (Å²) in [6.07, 6.45) is 0. The van der Waals surface area contributed by atoms with Crippen molar-refractivity contribution in [1.29, 1.82) is 0 Å². The number of methoxy groups -OCH3 is 1. The van der Waals surface area contributed by atoms with Gasteiger partial charge in [0.1, 0.15) is 5.75 Å². The fourth-order valence-corrected chi connectivity index (χ4v) is 1.51. The molecule has 0 bridgehead atoms. The van der Waals surface area contributed by atoms with Crippen LogP contribution in [-0.2, 0) is 9.53 Å². The molecule has 1 aromatic carbocycles. The molecule has 106 valence electrons. The highest BCUT2D eigenvalue weighted by Gasteiger charge is 2.20. The van der Waals surface area contributed by atoms with Crippen molar-refractivity contribution < 1.29 is 23.0 Å². The van der Waals surface area contributed by atoms with Gasteiger partial charge in [0.2, 0.25) is 0 Å². The molecule has 19 heavy (non-hydrogen) atoms. The Balaban J connectivity index is 2.60. The maximum atomic E-state index is 12.0. The van der Waals surface area contributed by atoms with Gasteiger partial charge < -0.3 is 14.8 Å². The summed E-state index contributed by atoms with van der Waals surface area (Å²) in [6.45, 7) is 0.750. The number of ether oxygens (including phenoxy) is 2. The minimum atomic E-state index is -2.84. The Morgan fingerprint density at radius 2 is 1.79 bits per heavy atom. The van der Waals surface area contributed by atoms with E-state index in [0.29, 0.717) is 5.69 Å². The Bertz CT molecular complexity index is 409. The van der Waals surface area contributed by atoms with Gasteiger partial charge in [0.15, 0.2) is 0 Å². The van der Waals surface area contributed by atoms with Gasteiger partial charge in [-0.25, -0.2) is 0 Å². The summed E-state index contributed by atoms with van der Waals surface area (Å²) in [5.74, 6) is -0.533. The number of rotatable bonds is 6. The van der Waals surface area contributed by atoms with Crippen molar-refractivity contribution in [2.75, 3.05) is 12.4 Å². The topological polar surface area (TPSA) is 47.6 Å². The van der Waals surface area contributed by atoms with Gasteiger partial charge in [-0.05, 0) is 38.1 Å². The number of benzene rings is 1. The molecule has 0 heterocycles. The molecule has 0 fully saturated rings. The quantitative estimate of drug-likeness (QED) is 0.810. The molecule has 0 saturated carbocycles. The number of carbonyl (C=O) groups excluding carboxylic acids is 1. The van der Waals surface area contributed by atoms with Crippen LogP contribution in [-0.4, -0.2) is 25.7 Å². The van der Waals surface area contributed by atoms with Crippen LogP contribution in [0.1, 0.15) is 13.8 Å². The lowest BCUT2D eigenvalue weighted by Gasteiger charge is -2.20. The third kappa shape index (κ3) is 4.73.